The predicted octanol–water partition coefficient (Wildman–Crippen LogP) is 0.965. The third-order valence-corrected chi connectivity index (χ3v) is 3.01. The third kappa shape index (κ3) is 6.91. The number of nitrogens with zero attached hydrogens (tertiary/aromatic N) is 1. The second-order valence-electron chi connectivity index (χ2n) is 4.64. The fourth-order valence-electron chi connectivity index (χ4n) is 1.93. The molecule has 1 rings (SSSR count). The Kier molecular flexibility index (Phi) is 7.81. The van der Waals surface area contributed by atoms with Gasteiger partial charge < -0.3 is 10.1 Å². The molecule has 1 saturated carbocycles. The van der Waals surface area contributed by atoms with Crippen molar-refractivity contribution in [1.82, 2.24) is 10.7 Å². The summed E-state index contributed by atoms with van der Waals surface area (Å²) in [6.07, 6.45) is 7.16. The number of hydrogen-bond acceptors (Lipinski definition) is 4. The summed E-state index contributed by atoms with van der Waals surface area (Å²) in [5, 5.41) is 6.56. The summed E-state index contributed by atoms with van der Waals surface area (Å²) >= 11 is 0. The molecule has 0 bridgehead atoms. The van der Waals surface area contributed by atoms with Crippen LogP contribution in [0.25, 0.3) is 0 Å². The molecule has 0 unspecified atom stereocenters. The molecule has 0 atom stereocenters. The average molecular weight is 269 g/mol. The van der Waals surface area contributed by atoms with Crippen molar-refractivity contribution in [3.8, 4) is 0 Å². The van der Waals surface area contributed by atoms with Gasteiger partial charge in [-0.3, -0.25) is 9.59 Å². The zero-order valence-corrected chi connectivity index (χ0v) is 11.5. The Morgan fingerprint density at radius 1 is 1.16 bits per heavy atom. The molecular formula is C13H23N3O3. The van der Waals surface area contributed by atoms with Crippen LogP contribution in [0, 0.1) is 0 Å². The Bertz CT molecular complexity index is 319. The molecule has 0 radical (unpaired) electrons. The highest BCUT2D eigenvalue weighted by Crippen LogP contribution is 2.14. The lowest BCUT2D eigenvalue weighted by atomic mass is 10.2. The number of carbonyl (C=O) groups is 2. The van der Waals surface area contributed by atoms with Crippen LogP contribution < -0.4 is 10.7 Å². The van der Waals surface area contributed by atoms with Crippen molar-refractivity contribution < 1.29 is 14.3 Å². The lowest BCUT2D eigenvalue weighted by Gasteiger charge is -2.05. The first-order valence-electron chi connectivity index (χ1n) is 6.86. The summed E-state index contributed by atoms with van der Waals surface area (Å²) in [6, 6.07) is 0. The molecule has 0 aromatic heterocycles. The molecule has 0 aromatic carbocycles. The molecule has 1 aliphatic carbocycles. The van der Waals surface area contributed by atoms with Crippen molar-refractivity contribution in [2.45, 2.75) is 44.9 Å². The zero-order valence-electron chi connectivity index (χ0n) is 11.5. The van der Waals surface area contributed by atoms with Gasteiger partial charge in [-0.2, -0.15) is 5.10 Å². The van der Waals surface area contributed by atoms with Crippen molar-refractivity contribution in [3.63, 3.8) is 0 Å². The van der Waals surface area contributed by atoms with Gasteiger partial charge in [0.05, 0.1) is 0 Å². The van der Waals surface area contributed by atoms with Gasteiger partial charge in [0, 0.05) is 26.0 Å². The second-order valence-corrected chi connectivity index (χ2v) is 4.64. The lowest BCUT2D eigenvalue weighted by Crippen LogP contribution is -2.38. The van der Waals surface area contributed by atoms with Crippen LogP contribution in [-0.4, -0.2) is 37.8 Å². The van der Waals surface area contributed by atoms with Gasteiger partial charge >= 0.3 is 11.8 Å². The van der Waals surface area contributed by atoms with Crippen molar-refractivity contribution in [2.24, 2.45) is 5.10 Å². The molecule has 6 nitrogen and oxygen atoms in total. The first-order valence-corrected chi connectivity index (χ1v) is 6.86. The predicted molar refractivity (Wildman–Crippen MR) is 72.8 cm³/mol. The van der Waals surface area contributed by atoms with Crippen LogP contribution in [0.2, 0.25) is 0 Å². The monoisotopic (exact) mass is 269 g/mol. The number of nitrogens with one attached hydrogen (secondary N) is 2. The molecule has 2 amide bonds. The molecule has 1 aliphatic rings. The van der Waals surface area contributed by atoms with Crippen LogP contribution in [0.3, 0.4) is 0 Å². The Morgan fingerprint density at radius 3 is 2.47 bits per heavy atom. The minimum atomic E-state index is -0.700. The smallest absolute Gasteiger partial charge is 0.329 e. The molecule has 0 aromatic rings. The normalized spacial score (nSPS) is 15.5. The van der Waals surface area contributed by atoms with Gasteiger partial charge in [-0.15, -0.1) is 0 Å². The van der Waals surface area contributed by atoms with Gasteiger partial charge in [0.2, 0.25) is 0 Å². The molecule has 108 valence electrons. The van der Waals surface area contributed by atoms with E-state index in [0.717, 1.165) is 31.4 Å². The van der Waals surface area contributed by atoms with Crippen LogP contribution in [0.5, 0.6) is 0 Å². The second kappa shape index (κ2) is 9.49. The molecule has 6 heteroatoms. The number of carbonyl (C=O) groups excluding carboxylic acids is 2. The number of amides is 2. The van der Waals surface area contributed by atoms with Gasteiger partial charge in [0.1, 0.15) is 0 Å². The van der Waals surface area contributed by atoms with Crippen molar-refractivity contribution in [2.75, 3.05) is 20.3 Å². The Morgan fingerprint density at radius 2 is 1.84 bits per heavy atom. The van der Waals surface area contributed by atoms with E-state index in [-0.39, 0.29) is 0 Å². The minimum absolute atomic E-state index is 0.427. The molecule has 0 aliphatic heterocycles. The first-order chi connectivity index (χ1) is 9.24. The molecular weight excluding hydrogens is 246 g/mol. The minimum Gasteiger partial charge on any atom is -0.385 e. The van der Waals surface area contributed by atoms with Crippen LogP contribution in [0.4, 0.5) is 0 Å². The molecule has 0 heterocycles. The number of hydrazone groups is 1. The topological polar surface area (TPSA) is 79.8 Å². The van der Waals surface area contributed by atoms with Crippen molar-refractivity contribution >= 4 is 17.5 Å². The molecule has 19 heavy (non-hydrogen) atoms. The number of methoxy groups -OCH3 is 1. The Balaban J connectivity index is 2.25. The van der Waals surface area contributed by atoms with E-state index in [2.05, 4.69) is 15.8 Å². The van der Waals surface area contributed by atoms with Gasteiger partial charge in [-0.25, -0.2) is 5.43 Å². The summed E-state index contributed by atoms with van der Waals surface area (Å²) in [7, 11) is 1.59. The van der Waals surface area contributed by atoms with Crippen LogP contribution in [0.15, 0.2) is 5.10 Å². The van der Waals surface area contributed by atoms with E-state index in [1.54, 1.807) is 7.11 Å². The van der Waals surface area contributed by atoms with E-state index < -0.39 is 11.8 Å². The summed E-state index contributed by atoms with van der Waals surface area (Å²) in [5.74, 6) is -1.34. The fourth-order valence-corrected chi connectivity index (χ4v) is 1.93. The van der Waals surface area contributed by atoms with Gasteiger partial charge in [0.15, 0.2) is 0 Å². The SMILES string of the molecule is COCCCNC(=O)C(=O)NN=C1CCCCCC1. The number of rotatable bonds is 5. The third-order valence-electron chi connectivity index (χ3n) is 3.01. The highest BCUT2D eigenvalue weighted by Gasteiger charge is 2.12. The largest absolute Gasteiger partial charge is 0.385 e. The maximum absolute atomic E-state index is 11.5. The quantitative estimate of drug-likeness (QED) is 0.338. The Hall–Kier alpha value is -1.43. The number of hydrogen-bond donors (Lipinski definition) is 2. The van der Waals surface area contributed by atoms with Gasteiger partial charge in [0.25, 0.3) is 0 Å². The summed E-state index contributed by atoms with van der Waals surface area (Å²) in [6.45, 7) is 0.987. The zero-order chi connectivity index (χ0) is 13.9. The molecule has 0 saturated heterocycles. The molecule has 2 N–H and O–H groups in total. The first kappa shape index (κ1) is 15.6. The summed E-state index contributed by atoms with van der Waals surface area (Å²) in [4.78, 5) is 22.9. The number of ether oxygens (including phenoxy) is 1. The van der Waals surface area contributed by atoms with E-state index >= 15 is 0 Å². The van der Waals surface area contributed by atoms with Crippen molar-refractivity contribution in [3.05, 3.63) is 0 Å². The molecule has 0 spiro atoms. The van der Waals surface area contributed by atoms with Gasteiger partial charge in [-0.05, 0) is 32.1 Å². The van der Waals surface area contributed by atoms with E-state index in [9.17, 15) is 9.59 Å². The molecule has 1 fully saturated rings. The van der Waals surface area contributed by atoms with E-state index in [0.29, 0.717) is 19.6 Å². The van der Waals surface area contributed by atoms with E-state index in [1.165, 1.54) is 12.8 Å². The Labute approximate surface area is 114 Å². The fraction of sp³-hybridized carbons (Fsp3) is 0.769. The van der Waals surface area contributed by atoms with Crippen molar-refractivity contribution in [1.29, 1.82) is 0 Å². The lowest BCUT2D eigenvalue weighted by molar-refractivity contribution is -0.139. The highest BCUT2D eigenvalue weighted by molar-refractivity contribution is 6.35. The highest BCUT2D eigenvalue weighted by atomic mass is 16.5. The van der Waals surface area contributed by atoms with E-state index in [1.807, 2.05) is 0 Å². The van der Waals surface area contributed by atoms with Crippen LogP contribution in [-0.2, 0) is 14.3 Å². The van der Waals surface area contributed by atoms with Crippen LogP contribution in [0.1, 0.15) is 44.9 Å². The van der Waals surface area contributed by atoms with E-state index in [4.69, 9.17) is 4.74 Å². The standard InChI is InChI=1S/C13H23N3O3/c1-19-10-6-9-14-12(17)13(18)16-15-11-7-4-2-3-5-8-11/h2-10H2,1H3,(H,14,17)(H,16,18). The maximum atomic E-state index is 11.5. The van der Waals surface area contributed by atoms with Gasteiger partial charge in [-0.1, -0.05) is 12.8 Å². The summed E-state index contributed by atoms with van der Waals surface area (Å²) in [5.41, 5.74) is 3.31. The van der Waals surface area contributed by atoms with Crippen LogP contribution >= 0.6 is 0 Å². The summed E-state index contributed by atoms with van der Waals surface area (Å²) < 4.78 is 4.85. The maximum Gasteiger partial charge on any atom is 0.329 e. The average Bonchev–Trinajstić information content (AvgIpc) is 2.69.